The van der Waals surface area contributed by atoms with Gasteiger partial charge < -0.3 is 20.7 Å². The molecule has 0 spiro atoms. The van der Waals surface area contributed by atoms with Crippen LogP contribution in [-0.2, 0) is 24.4 Å². The number of anilines is 1. The van der Waals surface area contributed by atoms with Gasteiger partial charge in [-0.05, 0) is 37.9 Å². The predicted octanol–water partition coefficient (Wildman–Crippen LogP) is 2.96. The smallest absolute Gasteiger partial charge is 0.193 e. The maximum Gasteiger partial charge on any atom is 0.193 e. The van der Waals surface area contributed by atoms with Gasteiger partial charge in [0.15, 0.2) is 5.96 Å². The van der Waals surface area contributed by atoms with Crippen molar-refractivity contribution in [3.05, 3.63) is 65.0 Å². The molecule has 0 radical (unpaired) electrons. The van der Waals surface area contributed by atoms with Crippen LogP contribution in [0.2, 0.25) is 0 Å². The van der Waals surface area contributed by atoms with Crippen LogP contribution in [-0.4, -0.2) is 32.1 Å². The van der Waals surface area contributed by atoms with Gasteiger partial charge in [0.05, 0.1) is 13.2 Å². The Hall–Kier alpha value is -2.44. The van der Waals surface area contributed by atoms with Crippen LogP contribution in [0.1, 0.15) is 16.7 Å². The highest BCUT2D eigenvalue weighted by Gasteiger charge is 2.06. The average molecular weight is 344 g/mol. The average Bonchev–Trinajstić information content (AvgIpc) is 2.57. The van der Waals surface area contributed by atoms with Crippen molar-refractivity contribution >= 4 is 11.6 Å². The Balaban J connectivity index is 2.06. The molecule has 0 saturated heterocycles. The highest BCUT2D eigenvalue weighted by atomic mass is 19.1. The lowest BCUT2D eigenvalue weighted by atomic mass is 10.1. The van der Waals surface area contributed by atoms with E-state index in [0.717, 1.165) is 16.8 Å². The van der Waals surface area contributed by atoms with Crippen molar-refractivity contribution in [3.63, 3.8) is 0 Å². The molecule has 0 aliphatic carbocycles. The van der Waals surface area contributed by atoms with Crippen molar-refractivity contribution in [1.82, 2.24) is 4.90 Å². The van der Waals surface area contributed by atoms with Crippen molar-refractivity contribution in [2.75, 3.05) is 26.5 Å². The number of benzene rings is 2. The number of halogens is 1. The number of rotatable bonds is 7. The summed E-state index contributed by atoms with van der Waals surface area (Å²) >= 11 is 0. The topological polar surface area (TPSA) is 62.9 Å². The zero-order chi connectivity index (χ0) is 18.2. The van der Waals surface area contributed by atoms with Gasteiger partial charge in [-0.25, -0.2) is 9.38 Å². The quantitative estimate of drug-likeness (QED) is 0.599. The lowest BCUT2D eigenvalue weighted by molar-refractivity contribution is 0.185. The Kier molecular flexibility index (Phi) is 6.91. The molecule has 0 fully saturated rings. The van der Waals surface area contributed by atoms with Crippen LogP contribution in [0.15, 0.2) is 47.5 Å². The second kappa shape index (κ2) is 9.15. The van der Waals surface area contributed by atoms with Gasteiger partial charge in [-0.1, -0.05) is 24.3 Å². The maximum absolute atomic E-state index is 13.8. The van der Waals surface area contributed by atoms with Gasteiger partial charge in [0.2, 0.25) is 0 Å². The third-order valence-electron chi connectivity index (χ3n) is 3.61. The summed E-state index contributed by atoms with van der Waals surface area (Å²) in [6.45, 7) is 1.41. The van der Waals surface area contributed by atoms with Gasteiger partial charge in [-0.3, -0.25) is 0 Å². The fourth-order valence-corrected chi connectivity index (χ4v) is 2.47. The van der Waals surface area contributed by atoms with Crippen LogP contribution < -0.4 is 11.1 Å². The minimum Gasteiger partial charge on any atom is -0.380 e. The number of nitrogens with one attached hydrogen (secondary N) is 1. The Morgan fingerprint density at radius 3 is 2.68 bits per heavy atom. The van der Waals surface area contributed by atoms with E-state index in [2.05, 4.69) is 10.3 Å². The molecule has 0 atom stereocenters. The van der Waals surface area contributed by atoms with Gasteiger partial charge >= 0.3 is 0 Å². The van der Waals surface area contributed by atoms with E-state index in [-0.39, 0.29) is 5.82 Å². The van der Waals surface area contributed by atoms with E-state index in [9.17, 15) is 4.39 Å². The molecule has 2 rings (SSSR count). The van der Waals surface area contributed by atoms with E-state index < -0.39 is 0 Å². The summed E-state index contributed by atoms with van der Waals surface area (Å²) in [5, 5.41) is 3.09. The molecular formula is C19H25FN4O. The molecule has 0 saturated carbocycles. The molecule has 0 unspecified atom stereocenters. The first kappa shape index (κ1) is 18.9. The van der Waals surface area contributed by atoms with E-state index in [1.54, 1.807) is 13.2 Å². The van der Waals surface area contributed by atoms with Crippen molar-refractivity contribution < 1.29 is 9.13 Å². The monoisotopic (exact) mass is 344 g/mol. The molecular weight excluding hydrogens is 319 g/mol. The first-order valence-corrected chi connectivity index (χ1v) is 8.05. The van der Waals surface area contributed by atoms with Crippen LogP contribution in [0.3, 0.4) is 0 Å². The molecule has 0 amide bonds. The summed E-state index contributed by atoms with van der Waals surface area (Å²) in [6, 6.07) is 12.8. The number of ether oxygens (including phenoxy) is 1. The van der Waals surface area contributed by atoms with E-state index in [4.69, 9.17) is 10.5 Å². The van der Waals surface area contributed by atoms with Crippen LogP contribution >= 0.6 is 0 Å². The SMILES string of the molecule is COCc1ccccc1NC(N)=NCc1ccc(F)c(CN(C)C)c1. The Morgan fingerprint density at radius 2 is 1.96 bits per heavy atom. The summed E-state index contributed by atoms with van der Waals surface area (Å²) < 4.78 is 19.0. The number of para-hydroxylation sites is 1. The van der Waals surface area contributed by atoms with E-state index in [0.29, 0.717) is 31.2 Å². The second-order valence-electron chi connectivity index (χ2n) is 6.08. The van der Waals surface area contributed by atoms with E-state index >= 15 is 0 Å². The predicted molar refractivity (Wildman–Crippen MR) is 99.9 cm³/mol. The molecule has 0 bridgehead atoms. The van der Waals surface area contributed by atoms with Crippen molar-refractivity contribution in [3.8, 4) is 0 Å². The van der Waals surface area contributed by atoms with E-state index in [1.807, 2.05) is 49.3 Å². The molecule has 0 aliphatic heterocycles. The van der Waals surface area contributed by atoms with Crippen molar-refractivity contribution in [2.45, 2.75) is 19.7 Å². The van der Waals surface area contributed by atoms with Gasteiger partial charge in [0, 0.05) is 30.5 Å². The minimum absolute atomic E-state index is 0.207. The van der Waals surface area contributed by atoms with Crippen LogP contribution in [0.4, 0.5) is 10.1 Å². The summed E-state index contributed by atoms with van der Waals surface area (Å²) in [5.74, 6) is 0.100. The summed E-state index contributed by atoms with van der Waals surface area (Å²) in [6.07, 6.45) is 0. The number of guanidine groups is 1. The highest BCUT2D eigenvalue weighted by molar-refractivity contribution is 5.92. The number of aliphatic imine (C=N–C) groups is 1. The molecule has 5 nitrogen and oxygen atoms in total. The zero-order valence-electron chi connectivity index (χ0n) is 14.9. The maximum atomic E-state index is 13.8. The minimum atomic E-state index is -0.207. The Morgan fingerprint density at radius 1 is 1.20 bits per heavy atom. The second-order valence-corrected chi connectivity index (χ2v) is 6.08. The standard InChI is InChI=1S/C19H25FN4O/c1-24(2)12-16-10-14(8-9-17(16)20)11-22-19(21)23-18-7-5-4-6-15(18)13-25-3/h4-10H,11-13H2,1-3H3,(H3,21,22,23). The highest BCUT2D eigenvalue weighted by Crippen LogP contribution is 2.16. The van der Waals surface area contributed by atoms with Gasteiger partial charge in [0.25, 0.3) is 0 Å². The normalized spacial score (nSPS) is 11.8. The zero-order valence-corrected chi connectivity index (χ0v) is 14.9. The van der Waals surface area contributed by atoms with Crippen LogP contribution in [0, 0.1) is 5.82 Å². The van der Waals surface area contributed by atoms with Gasteiger partial charge in [-0.2, -0.15) is 0 Å². The molecule has 0 aliphatic rings. The molecule has 3 N–H and O–H groups in total. The van der Waals surface area contributed by atoms with Crippen molar-refractivity contribution in [1.29, 1.82) is 0 Å². The third-order valence-corrected chi connectivity index (χ3v) is 3.61. The molecule has 2 aromatic rings. The number of nitrogens with zero attached hydrogens (tertiary/aromatic N) is 2. The van der Waals surface area contributed by atoms with Crippen molar-refractivity contribution in [2.24, 2.45) is 10.7 Å². The Bertz CT molecular complexity index is 731. The summed E-state index contributed by atoms with van der Waals surface area (Å²) in [7, 11) is 5.46. The fraction of sp³-hybridized carbons (Fsp3) is 0.316. The number of hydrogen-bond donors (Lipinski definition) is 2. The lowest BCUT2D eigenvalue weighted by Gasteiger charge is -2.12. The first-order chi connectivity index (χ1) is 12.0. The largest absolute Gasteiger partial charge is 0.380 e. The Labute approximate surface area is 148 Å². The number of nitrogens with two attached hydrogens (primary N) is 1. The third kappa shape index (κ3) is 5.85. The van der Waals surface area contributed by atoms with Gasteiger partial charge in [0.1, 0.15) is 5.82 Å². The number of hydrogen-bond acceptors (Lipinski definition) is 3. The van der Waals surface area contributed by atoms with Crippen LogP contribution in [0.5, 0.6) is 0 Å². The van der Waals surface area contributed by atoms with Gasteiger partial charge in [-0.15, -0.1) is 0 Å². The number of methoxy groups -OCH3 is 1. The lowest BCUT2D eigenvalue weighted by Crippen LogP contribution is -2.23. The molecule has 2 aromatic carbocycles. The molecule has 25 heavy (non-hydrogen) atoms. The molecule has 6 heteroatoms. The molecule has 134 valence electrons. The summed E-state index contributed by atoms with van der Waals surface area (Å²) in [4.78, 5) is 6.27. The fourth-order valence-electron chi connectivity index (χ4n) is 2.47. The molecule has 0 aromatic heterocycles. The molecule has 0 heterocycles. The first-order valence-electron chi connectivity index (χ1n) is 8.05. The van der Waals surface area contributed by atoms with Crippen LogP contribution in [0.25, 0.3) is 0 Å². The summed E-state index contributed by atoms with van der Waals surface area (Å²) in [5.41, 5.74) is 9.40. The van der Waals surface area contributed by atoms with E-state index in [1.165, 1.54) is 6.07 Å².